The third kappa shape index (κ3) is 6.89. The summed E-state index contributed by atoms with van der Waals surface area (Å²) in [5, 5.41) is 7.12. The third-order valence-electron chi connectivity index (χ3n) is 5.26. The fourth-order valence-electron chi connectivity index (χ4n) is 3.56. The number of pyridine rings is 1. The third-order valence-corrected chi connectivity index (χ3v) is 5.26. The molecule has 184 valence electrons. The van der Waals surface area contributed by atoms with Gasteiger partial charge in [-0.05, 0) is 38.6 Å². The van der Waals surface area contributed by atoms with Crippen LogP contribution in [0, 0.1) is 0 Å². The number of alkyl halides is 3. The molecule has 1 atom stereocenters. The van der Waals surface area contributed by atoms with Crippen LogP contribution in [0.3, 0.4) is 0 Å². The normalized spacial score (nSPS) is 16.5. The van der Waals surface area contributed by atoms with Crippen molar-refractivity contribution in [2.24, 2.45) is 0 Å². The fraction of sp³-hybridized carbons (Fsp3) is 0.571. The topological polar surface area (TPSA) is 96.6 Å². The molecule has 12 heteroatoms. The molecule has 0 spiro atoms. The van der Waals surface area contributed by atoms with Gasteiger partial charge < -0.3 is 23.9 Å². The average Bonchev–Trinajstić information content (AvgIpc) is 3.36. The maximum absolute atomic E-state index is 13.2. The van der Waals surface area contributed by atoms with E-state index in [-0.39, 0.29) is 11.9 Å². The number of carboxylic acid groups (broad SMARTS) is 1. The molecule has 1 amide bonds. The highest BCUT2D eigenvalue weighted by Gasteiger charge is 2.38. The van der Waals surface area contributed by atoms with E-state index in [2.05, 4.69) is 16.3 Å². The molecule has 0 radical (unpaired) electrons. The van der Waals surface area contributed by atoms with Gasteiger partial charge in [-0.2, -0.15) is 13.2 Å². The Kier molecular flexibility index (Phi) is 9.62. The van der Waals surface area contributed by atoms with Crippen LogP contribution >= 0.6 is 0 Å². The van der Waals surface area contributed by atoms with E-state index in [1.165, 1.54) is 0 Å². The van der Waals surface area contributed by atoms with E-state index in [4.69, 9.17) is 24.4 Å². The van der Waals surface area contributed by atoms with Crippen molar-refractivity contribution >= 4 is 17.4 Å². The number of nitrogens with zero attached hydrogens (tertiary/aromatic N) is 4. The van der Waals surface area contributed by atoms with Crippen molar-refractivity contribution in [3.8, 4) is 0 Å². The molecule has 1 aliphatic rings. The van der Waals surface area contributed by atoms with Gasteiger partial charge in [-0.3, -0.25) is 9.69 Å². The summed E-state index contributed by atoms with van der Waals surface area (Å²) >= 11 is 0. The van der Waals surface area contributed by atoms with Crippen LogP contribution in [0.5, 0.6) is 0 Å². The summed E-state index contributed by atoms with van der Waals surface area (Å²) < 4.78 is 44.1. The summed E-state index contributed by atoms with van der Waals surface area (Å²) in [6.45, 7) is 3.06. The second-order valence-electron chi connectivity index (χ2n) is 7.49. The first-order valence-corrected chi connectivity index (χ1v) is 10.4. The monoisotopic (exact) mass is 474 g/mol. The van der Waals surface area contributed by atoms with Crippen LogP contribution in [0.15, 0.2) is 24.4 Å². The van der Waals surface area contributed by atoms with E-state index in [9.17, 15) is 18.0 Å². The van der Waals surface area contributed by atoms with Crippen molar-refractivity contribution in [1.29, 1.82) is 0 Å². The molecule has 0 saturated carbocycles. The molecule has 33 heavy (non-hydrogen) atoms. The fourth-order valence-corrected chi connectivity index (χ4v) is 3.56. The quantitative estimate of drug-likeness (QED) is 0.628. The lowest BCUT2D eigenvalue weighted by atomic mass is 10.2. The van der Waals surface area contributed by atoms with E-state index in [1.807, 2.05) is 24.4 Å². The highest BCUT2D eigenvalue weighted by atomic mass is 19.4. The van der Waals surface area contributed by atoms with E-state index in [0.29, 0.717) is 32.0 Å². The number of fused-ring (bicyclic) bond motifs is 1. The summed E-state index contributed by atoms with van der Waals surface area (Å²) in [5.74, 6) is -1.88. The van der Waals surface area contributed by atoms with E-state index in [1.54, 1.807) is 19.1 Å². The molecular weight excluding hydrogens is 445 g/mol. The molecule has 3 heterocycles. The molecule has 0 aliphatic carbocycles. The van der Waals surface area contributed by atoms with Gasteiger partial charge in [-0.15, -0.1) is 0 Å². The van der Waals surface area contributed by atoms with Gasteiger partial charge in [0.05, 0.1) is 24.8 Å². The van der Waals surface area contributed by atoms with Crippen molar-refractivity contribution < 1.29 is 37.3 Å². The molecule has 2 aromatic rings. The van der Waals surface area contributed by atoms with Crippen LogP contribution in [-0.4, -0.2) is 96.5 Å². The number of likely N-dealkylation sites (tertiary alicyclic amines) is 1. The molecule has 0 bridgehead atoms. The maximum atomic E-state index is 13.2. The van der Waals surface area contributed by atoms with Crippen LogP contribution < -0.4 is 0 Å². The van der Waals surface area contributed by atoms with Gasteiger partial charge in [0.15, 0.2) is 5.69 Å². The second-order valence-corrected chi connectivity index (χ2v) is 7.49. The summed E-state index contributed by atoms with van der Waals surface area (Å²) in [7, 11) is 5.39. The first-order chi connectivity index (χ1) is 15.6. The van der Waals surface area contributed by atoms with Crippen molar-refractivity contribution in [2.75, 3.05) is 54.1 Å². The number of imidazole rings is 1. The molecule has 2 aromatic heterocycles. The lowest BCUT2D eigenvalue weighted by Crippen LogP contribution is -2.36. The zero-order valence-corrected chi connectivity index (χ0v) is 18.8. The van der Waals surface area contributed by atoms with Gasteiger partial charge in [0, 0.05) is 33.5 Å². The summed E-state index contributed by atoms with van der Waals surface area (Å²) in [4.78, 5) is 31.0. The van der Waals surface area contributed by atoms with Gasteiger partial charge in [-0.1, -0.05) is 6.07 Å². The molecular formula is C21H29F3N4O5. The van der Waals surface area contributed by atoms with E-state index < -0.39 is 12.1 Å². The van der Waals surface area contributed by atoms with Crippen molar-refractivity contribution in [1.82, 2.24) is 19.2 Å². The molecule has 1 unspecified atom stereocenters. The Balaban J connectivity index is 0.000000479. The smallest absolute Gasteiger partial charge is 0.475 e. The minimum atomic E-state index is -5.08. The number of hydrogen-bond acceptors (Lipinski definition) is 6. The van der Waals surface area contributed by atoms with Crippen LogP contribution in [0.2, 0.25) is 0 Å². The molecule has 1 aliphatic heterocycles. The molecule has 1 fully saturated rings. The van der Waals surface area contributed by atoms with Gasteiger partial charge in [0.2, 0.25) is 0 Å². The lowest BCUT2D eigenvalue weighted by Gasteiger charge is -2.21. The second kappa shape index (κ2) is 12.0. The minimum Gasteiger partial charge on any atom is -0.475 e. The Hall–Kier alpha value is -2.70. The number of carboxylic acids is 1. The number of halogens is 3. The highest BCUT2D eigenvalue weighted by molar-refractivity contribution is 5.99. The molecule has 3 rings (SSSR count). The van der Waals surface area contributed by atoms with Crippen LogP contribution in [0.4, 0.5) is 13.2 Å². The van der Waals surface area contributed by atoms with Crippen molar-refractivity contribution in [3.63, 3.8) is 0 Å². The van der Waals surface area contributed by atoms with Crippen molar-refractivity contribution in [3.05, 3.63) is 35.9 Å². The summed E-state index contributed by atoms with van der Waals surface area (Å²) in [5.41, 5.74) is 1.36. The Morgan fingerprint density at radius 2 is 1.82 bits per heavy atom. The zero-order chi connectivity index (χ0) is 24.6. The lowest BCUT2D eigenvalue weighted by molar-refractivity contribution is -0.192. The number of methoxy groups -OCH3 is 2. The highest BCUT2D eigenvalue weighted by Crippen LogP contribution is 2.31. The Labute approximate surface area is 189 Å². The van der Waals surface area contributed by atoms with Crippen LogP contribution in [0.1, 0.15) is 35.2 Å². The molecule has 9 nitrogen and oxygen atoms in total. The number of aliphatic carboxylic acids is 1. The largest absolute Gasteiger partial charge is 0.490 e. The summed E-state index contributed by atoms with van der Waals surface area (Å²) in [6, 6.07) is 6.14. The number of rotatable bonds is 8. The van der Waals surface area contributed by atoms with Gasteiger partial charge in [0.25, 0.3) is 5.91 Å². The molecule has 1 saturated heterocycles. The first-order valence-electron chi connectivity index (χ1n) is 10.4. The minimum absolute atomic E-state index is 0.0744. The molecule has 0 aromatic carbocycles. The number of hydrogen-bond donors (Lipinski definition) is 1. The predicted octanol–water partition coefficient (Wildman–Crippen LogP) is 2.47. The number of ether oxygens (including phenoxy) is 2. The Morgan fingerprint density at radius 3 is 2.30 bits per heavy atom. The number of carbonyl (C=O) groups excluding carboxylic acids is 1. The first kappa shape index (κ1) is 26.6. The SMILES string of the molecule is COCCN(CCOC)C(=O)c1nc(C2CCCN2C)n2ccccc12.O=C(O)C(F)(F)F. The Bertz CT molecular complexity index is 926. The van der Waals surface area contributed by atoms with Gasteiger partial charge >= 0.3 is 12.1 Å². The maximum Gasteiger partial charge on any atom is 0.490 e. The predicted molar refractivity (Wildman–Crippen MR) is 113 cm³/mol. The van der Waals surface area contributed by atoms with Gasteiger partial charge in [-0.25, -0.2) is 9.78 Å². The molecule has 1 N–H and O–H groups in total. The number of amides is 1. The number of aromatic nitrogens is 2. The average molecular weight is 474 g/mol. The van der Waals surface area contributed by atoms with Crippen LogP contribution in [0.25, 0.3) is 5.52 Å². The van der Waals surface area contributed by atoms with E-state index >= 15 is 0 Å². The standard InChI is InChI=1S/C19H28N4O3.C2HF3O2/c1-21-9-6-8-16(21)18-20-17(15-7-4-5-10-23(15)18)19(24)22(11-13-25-2)12-14-26-3;3-2(4,5)1(6)7/h4-5,7,10,16H,6,8-9,11-14H2,1-3H3;(H,6,7). The van der Waals surface area contributed by atoms with Gasteiger partial charge in [0.1, 0.15) is 5.82 Å². The van der Waals surface area contributed by atoms with E-state index in [0.717, 1.165) is 30.7 Å². The van der Waals surface area contributed by atoms with Crippen LogP contribution in [-0.2, 0) is 14.3 Å². The van der Waals surface area contributed by atoms with Crippen molar-refractivity contribution in [2.45, 2.75) is 25.1 Å². The zero-order valence-electron chi connectivity index (χ0n) is 18.8. The summed E-state index contributed by atoms with van der Waals surface area (Å²) in [6.07, 6.45) is -0.871. The number of carbonyl (C=O) groups is 2. The Morgan fingerprint density at radius 1 is 1.21 bits per heavy atom.